The number of hydrogen-bond donors (Lipinski definition) is 1. The molecule has 82 valence electrons. The van der Waals surface area contributed by atoms with E-state index in [-0.39, 0.29) is 16.3 Å². The van der Waals surface area contributed by atoms with Crippen molar-refractivity contribution in [3.8, 4) is 0 Å². The molecule has 1 N–H and O–H groups in total. The molecule has 0 amide bonds. The van der Waals surface area contributed by atoms with Gasteiger partial charge in [-0.15, -0.1) is 11.8 Å². The fourth-order valence-electron chi connectivity index (χ4n) is 1.62. The van der Waals surface area contributed by atoms with Crippen molar-refractivity contribution in [2.24, 2.45) is 0 Å². The van der Waals surface area contributed by atoms with Gasteiger partial charge in [-0.3, -0.25) is 9.59 Å². The number of aliphatic hydroxyl groups excluding tert-OH is 1. The number of ketones is 2. The lowest BCUT2D eigenvalue weighted by Gasteiger charge is -2.16. The van der Waals surface area contributed by atoms with Crippen LogP contribution in [-0.2, 0) is 0 Å². The first-order chi connectivity index (χ1) is 7.66. The predicted molar refractivity (Wildman–Crippen MR) is 62.9 cm³/mol. The minimum atomic E-state index is -0.467. The molecule has 0 radical (unpaired) electrons. The monoisotopic (exact) mass is 234 g/mol. The number of allylic oxidation sites excluding steroid dienone is 2. The SMILES string of the molecule is CCSC1=C(O)C(=O)c2ccccc2C1=O. The number of thioether (sulfide) groups is 1. The fourth-order valence-corrected chi connectivity index (χ4v) is 2.38. The van der Waals surface area contributed by atoms with E-state index >= 15 is 0 Å². The van der Waals surface area contributed by atoms with E-state index in [9.17, 15) is 14.7 Å². The van der Waals surface area contributed by atoms with Gasteiger partial charge in [0.05, 0.1) is 0 Å². The van der Waals surface area contributed by atoms with Gasteiger partial charge < -0.3 is 5.11 Å². The van der Waals surface area contributed by atoms with Gasteiger partial charge in [0.1, 0.15) is 4.91 Å². The van der Waals surface area contributed by atoms with E-state index in [4.69, 9.17) is 0 Å². The third-order valence-electron chi connectivity index (χ3n) is 2.34. The predicted octanol–water partition coefficient (Wildman–Crippen LogP) is 2.59. The van der Waals surface area contributed by atoms with E-state index in [0.717, 1.165) is 0 Å². The molecule has 1 aliphatic rings. The molecule has 2 rings (SSSR count). The number of benzene rings is 1. The summed E-state index contributed by atoms with van der Waals surface area (Å²) in [5.41, 5.74) is 0.659. The van der Waals surface area contributed by atoms with E-state index in [0.29, 0.717) is 11.3 Å². The highest BCUT2D eigenvalue weighted by Gasteiger charge is 2.31. The van der Waals surface area contributed by atoms with Gasteiger partial charge in [-0.1, -0.05) is 31.2 Å². The summed E-state index contributed by atoms with van der Waals surface area (Å²) in [6.07, 6.45) is 0. The third-order valence-corrected chi connectivity index (χ3v) is 3.30. The van der Waals surface area contributed by atoms with Crippen LogP contribution in [0.4, 0.5) is 0 Å². The second kappa shape index (κ2) is 4.14. The molecule has 3 nitrogen and oxygen atoms in total. The van der Waals surface area contributed by atoms with Crippen LogP contribution in [0.25, 0.3) is 0 Å². The van der Waals surface area contributed by atoms with Gasteiger partial charge in [0.2, 0.25) is 11.6 Å². The smallest absolute Gasteiger partial charge is 0.229 e. The second-order valence-corrected chi connectivity index (χ2v) is 4.59. The Morgan fingerprint density at radius 2 is 1.69 bits per heavy atom. The first kappa shape index (κ1) is 11.0. The molecule has 0 aliphatic heterocycles. The van der Waals surface area contributed by atoms with Gasteiger partial charge in [0, 0.05) is 11.1 Å². The van der Waals surface area contributed by atoms with Gasteiger partial charge in [0.15, 0.2) is 5.76 Å². The van der Waals surface area contributed by atoms with Crippen LogP contribution in [0, 0.1) is 0 Å². The van der Waals surface area contributed by atoms with Crippen LogP contribution < -0.4 is 0 Å². The van der Waals surface area contributed by atoms with Gasteiger partial charge in [-0.05, 0) is 5.75 Å². The lowest BCUT2D eigenvalue weighted by atomic mass is 9.93. The average Bonchev–Trinajstić information content (AvgIpc) is 2.32. The van der Waals surface area contributed by atoms with E-state index in [1.807, 2.05) is 6.92 Å². The van der Waals surface area contributed by atoms with Crippen LogP contribution in [0.15, 0.2) is 34.9 Å². The van der Waals surface area contributed by atoms with Gasteiger partial charge >= 0.3 is 0 Å². The van der Waals surface area contributed by atoms with Crippen LogP contribution in [0.1, 0.15) is 27.6 Å². The molecular formula is C12H10O3S. The largest absolute Gasteiger partial charge is 0.503 e. The molecular weight excluding hydrogens is 224 g/mol. The van der Waals surface area contributed by atoms with Gasteiger partial charge in [-0.2, -0.15) is 0 Å². The second-order valence-electron chi connectivity index (χ2n) is 3.31. The van der Waals surface area contributed by atoms with Crippen LogP contribution >= 0.6 is 11.8 Å². The van der Waals surface area contributed by atoms with Crippen molar-refractivity contribution < 1.29 is 14.7 Å². The highest BCUT2D eigenvalue weighted by molar-refractivity contribution is 8.04. The Hall–Kier alpha value is -1.55. The van der Waals surface area contributed by atoms with Crippen molar-refractivity contribution in [1.29, 1.82) is 0 Å². The Morgan fingerprint density at radius 3 is 2.25 bits per heavy atom. The number of Topliss-reactive ketones (excluding diaryl/α,β-unsaturated/α-hetero) is 2. The van der Waals surface area contributed by atoms with E-state index in [1.165, 1.54) is 11.8 Å². The van der Waals surface area contributed by atoms with Gasteiger partial charge in [-0.25, -0.2) is 0 Å². The number of carbonyl (C=O) groups is 2. The Labute approximate surface area is 97.2 Å². The lowest BCUT2D eigenvalue weighted by molar-refractivity contribution is 0.0936. The summed E-state index contributed by atoms with van der Waals surface area (Å²) in [7, 11) is 0. The summed E-state index contributed by atoms with van der Waals surface area (Å²) in [6, 6.07) is 6.55. The molecule has 0 fully saturated rings. The maximum atomic E-state index is 12.0. The maximum absolute atomic E-state index is 12.0. The molecule has 16 heavy (non-hydrogen) atoms. The van der Waals surface area contributed by atoms with Crippen molar-refractivity contribution in [2.75, 3.05) is 5.75 Å². The first-order valence-electron chi connectivity index (χ1n) is 4.91. The zero-order chi connectivity index (χ0) is 11.7. The summed E-state index contributed by atoms with van der Waals surface area (Å²) in [5, 5.41) is 9.67. The zero-order valence-electron chi connectivity index (χ0n) is 8.69. The molecule has 1 aromatic carbocycles. The summed E-state index contributed by atoms with van der Waals surface area (Å²) < 4.78 is 0. The molecule has 0 atom stereocenters. The molecule has 1 aliphatic carbocycles. The molecule has 0 heterocycles. The van der Waals surface area contributed by atoms with Crippen LogP contribution in [0.3, 0.4) is 0 Å². The molecule has 4 heteroatoms. The number of fused-ring (bicyclic) bond motifs is 1. The summed E-state index contributed by atoms with van der Waals surface area (Å²) >= 11 is 1.20. The highest BCUT2D eigenvalue weighted by atomic mass is 32.2. The Bertz CT molecular complexity index is 503. The Kier molecular flexibility index (Phi) is 2.83. The number of aliphatic hydroxyl groups is 1. The third kappa shape index (κ3) is 1.55. The molecule has 0 aromatic heterocycles. The Balaban J connectivity index is 2.58. The molecule has 0 unspecified atom stereocenters. The summed E-state index contributed by atoms with van der Waals surface area (Å²) in [6.45, 7) is 1.86. The van der Waals surface area contributed by atoms with E-state index in [2.05, 4.69) is 0 Å². The van der Waals surface area contributed by atoms with E-state index < -0.39 is 11.5 Å². The van der Waals surface area contributed by atoms with Crippen molar-refractivity contribution in [1.82, 2.24) is 0 Å². The highest BCUT2D eigenvalue weighted by Crippen LogP contribution is 2.31. The Morgan fingerprint density at radius 1 is 1.12 bits per heavy atom. The number of carbonyl (C=O) groups excluding carboxylic acids is 2. The zero-order valence-corrected chi connectivity index (χ0v) is 9.50. The first-order valence-corrected chi connectivity index (χ1v) is 5.89. The van der Waals surface area contributed by atoms with Crippen molar-refractivity contribution >= 4 is 23.3 Å². The fraction of sp³-hybridized carbons (Fsp3) is 0.167. The summed E-state index contributed by atoms with van der Waals surface area (Å²) in [4.78, 5) is 23.9. The minimum Gasteiger partial charge on any atom is -0.503 e. The minimum absolute atomic E-state index is 0.159. The van der Waals surface area contributed by atoms with Crippen LogP contribution in [0.5, 0.6) is 0 Å². The molecule has 0 saturated heterocycles. The number of rotatable bonds is 2. The standard InChI is InChI=1S/C12H10O3S/c1-2-16-12-10(14)8-6-4-3-5-7(8)9(13)11(12)15/h3-6,15H,2H2,1H3. The maximum Gasteiger partial charge on any atom is 0.229 e. The van der Waals surface area contributed by atoms with E-state index in [1.54, 1.807) is 24.3 Å². The molecule has 0 bridgehead atoms. The van der Waals surface area contributed by atoms with Crippen molar-refractivity contribution in [3.05, 3.63) is 46.1 Å². The summed E-state index contributed by atoms with van der Waals surface area (Å²) in [5.74, 6) is -0.512. The topological polar surface area (TPSA) is 54.4 Å². The molecule has 0 saturated carbocycles. The molecule has 1 aromatic rings. The van der Waals surface area contributed by atoms with Crippen molar-refractivity contribution in [2.45, 2.75) is 6.92 Å². The quantitative estimate of drug-likeness (QED) is 0.854. The average molecular weight is 234 g/mol. The number of hydrogen-bond acceptors (Lipinski definition) is 4. The normalized spacial score (nSPS) is 15.3. The van der Waals surface area contributed by atoms with Gasteiger partial charge in [0.25, 0.3) is 0 Å². The lowest BCUT2D eigenvalue weighted by Crippen LogP contribution is -2.20. The van der Waals surface area contributed by atoms with Crippen LogP contribution in [0.2, 0.25) is 0 Å². The van der Waals surface area contributed by atoms with Crippen molar-refractivity contribution in [3.63, 3.8) is 0 Å². The molecule has 0 spiro atoms. The van der Waals surface area contributed by atoms with Crippen LogP contribution in [-0.4, -0.2) is 22.4 Å².